The molecule has 1 N–H and O–H groups in total. The van der Waals surface area contributed by atoms with Crippen molar-refractivity contribution in [3.8, 4) is 0 Å². The van der Waals surface area contributed by atoms with E-state index in [1.165, 1.54) is 0 Å². The summed E-state index contributed by atoms with van der Waals surface area (Å²) in [5, 5.41) is 2.67. The number of aryl methyl sites for hydroxylation is 1. The van der Waals surface area contributed by atoms with Crippen molar-refractivity contribution in [1.82, 2.24) is 10.3 Å². The monoisotopic (exact) mass is 322 g/mol. The number of rotatable bonds is 5. The number of amides is 1. The van der Waals surface area contributed by atoms with Gasteiger partial charge in [-0.3, -0.25) is 9.78 Å². The Morgan fingerprint density at radius 2 is 1.65 bits per heavy atom. The zero-order valence-corrected chi connectivity index (χ0v) is 12.6. The number of alkyl halides is 3. The molecule has 3 nitrogen and oxygen atoms in total. The quantitative estimate of drug-likeness (QED) is 0.906. The topological polar surface area (TPSA) is 42.0 Å². The summed E-state index contributed by atoms with van der Waals surface area (Å²) in [6.45, 7) is 1.94. The highest BCUT2D eigenvalue weighted by Crippen LogP contribution is 2.24. The van der Waals surface area contributed by atoms with Gasteiger partial charge in [0.05, 0.1) is 12.5 Å². The number of nitrogens with one attached hydrogen (secondary N) is 1. The van der Waals surface area contributed by atoms with E-state index in [4.69, 9.17) is 0 Å². The van der Waals surface area contributed by atoms with Gasteiger partial charge in [-0.05, 0) is 30.2 Å². The van der Waals surface area contributed by atoms with Gasteiger partial charge in [0, 0.05) is 18.8 Å². The third-order valence-electron chi connectivity index (χ3n) is 3.39. The van der Waals surface area contributed by atoms with Crippen LogP contribution in [-0.2, 0) is 4.79 Å². The number of hydrogen-bond acceptors (Lipinski definition) is 2. The fraction of sp³-hybridized carbons (Fsp3) is 0.294. The molecule has 0 unspecified atom stereocenters. The van der Waals surface area contributed by atoms with Crippen LogP contribution in [0.3, 0.4) is 0 Å². The third kappa shape index (κ3) is 5.39. The van der Waals surface area contributed by atoms with E-state index in [1.807, 2.05) is 31.2 Å². The van der Waals surface area contributed by atoms with Gasteiger partial charge in [-0.2, -0.15) is 13.2 Å². The molecule has 1 heterocycles. The number of halogens is 3. The molecule has 0 aliphatic heterocycles. The van der Waals surface area contributed by atoms with Crippen molar-refractivity contribution in [2.45, 2.75) is 32.0 Å². The molecule has 1 atom stereocenters. The molecule has 2 rings (SSSR count). The zero-order chi connectivity index (χ0) is 16.9. The molecule has 122 valence electrons. The molecular formula is C17H17F3N2O. The summed E-state index contributed by atoms with van der Waals surface area (Å²) in [7, 11) is 0. The fourth-order valence-electron chi connectivity index (χ4n) is 2.16. The van der Waals surface area contributed by atoms with Crippen molar-refractivity contribution >= 4 is 5.91 Å². The van der Waals surface area contributed by atoms with Crippen LogP contribution in [0.5, 0.6) is 0 Å². The Bertz CT molecular complexity index is 639. The van der Waals surface area contributed by atoms with Gasteiger partial charge in [-0.15, -0.1) is 0 Å². The Labute approximate surface area is 132 Å². The molecule has 6 heteroatoms. The molecule has 23 heavy (non-hydrogen) atoms. The van der Waals surface area contributed by atoms with Gasteiger partial charge in [-0.25, -0.2) is 0 Å². The average molecular weight is 322 g/mol. The summed E-state index contributed by atoms with van der Waals surface area (Å²) in [4.78, 5) is 15.8. The highest BCUT2D eigenvalue weighted by atomic mass is 19.4. The first-order valence-electron chi connectivity index (χ1n) is 7.18. The average Bonchev–Trinajstić information content (AvgIpc) is 2.52. The molecule has 0 aliphatic rings. The summed E-state index contributed by atoms with van der Waals surface area (Å²) >= 11 is 0. The summed E-state index contributed by atoms with van der Waals surface area (Å²) < 4.78 is 36.8. The van der Waals surface area contributed by atoms with E-state index in [0.717, 1.165) is 16.7 Å². The second-order valence-electron chi connectivity index (χ2n) is 5.31. The Balaban J connectivity index is 2.18. The molecule has 1 aromatic heterocycles. The van der Waals surface area contributed by atoms with Gasteiger partial charge in [0.2, 0.25) is 5.91 Å². The summed E-state index contributed by atoms with van der Waals surface area (Å²) in [6, 6.07) is 10.5. The van der Waals surface area contributed by atoms with Crippen molar-refractivity contribution in [3.05, 3.63) is 65.5 Å². The first kappa shape index (κ1) is 17.0. The maximum atomic E-state index is 12.3. The lowest BCUT2D eigenvalue weighted by Crippen LogP contribution is -2.30. The number of carbonyl (C=O) groups excluding carboxylic acids is 1. The van der Waals surface area contributed by atoms with E-state index < -0.39 is 31.0 Å². The molecule has 0 bridgehead atoms. The van der Waals surface area contributed by atoms with Crippen molar-refractivity contribution in [3.63, 3.8) is 0 Å². The molecule has 0 radical (unpaired) electrons. The van der Waals surface area contributed by atoms with Gasteiger partial charge in [0.25, 0.3) is 0 Å². The minimum atomic E-state index is -4.34. The summed E-state index contributed by atoms with van der Waals surface area (Å²) in [5.74, 6) is -0.635. The van der Waals surface area contributed by atoms with Crippen molar-refractivity contribution in [2.24, 2.45) is 0 Å². The van der Waals surface area contributed by atoms with E-state index in [0.29, 0.717) is 0 Å². The first-order chi connectivity index (χ1) is 10.8. The highest BCUT2D eigenvalue weighted by molar-refractivity contribution is 5.77. The van der Waals surface area contributed by atoms with Gasteiger partial charge in [0.1, 0.15) is 0 Å². The summed E-state index contributed by atoms with van der Waals surface area (Å²) in [6.07, 6.45) is -2.89. The van der Waals surface area contributed by atoms with Crippen LogP contribution in [-0.4, -0.2) is 17.1 Å². The molecule has 0 saturated carbocycles. The largest absolute Gasteiger partial charge is 0.389 e. The summed E-state index contributed by atoms with van der Waals surface area (Å²) in [5.41, 5.74) is 2.64. The number of carbonyl (C=O) groups is 1. The molecule has 2 aromatic rings. The number of hydrogen-bond donors (Lipinski definition) is 1. The van der Waals surface area contributed by atoms with Gasteiger partial charge in [-0.1, -0.05) is 29.8 Å². The Morgan fingerprint density at radius 1 is 1.09 bits per heavy atom. The number of benzene rings is 1. The van der Waals surface area contributed by atoms with Gasteiger partial charge < -0.3 is 5.32 Å². The highest BCUT2D eigenvalue weighted by Gasteiger charge is 2.28. The van der Waals surface area contributed by atoms with E-state index in [1.54, 1.807) is 24.5 Å². The van der Waals surface area contributed by atoms with Crippen LogP contribution in [0.1, 0.15) is 35.6 Å². The van der Waals surface area contributed by atoms with Crippen LogP contribution < -0.4 is 5.32 Å². The second-order valence-corrected chi connectivity index (χ2v) is 5.31. The predicted molar refractivity (Wildman–Crippen MR) is 80.7 cm³/mol. The van der Waals surface area contributed by atoms with Crippen LogP contribution in [0, 0.1) is 6.92 Å². The van der Waals surface area contributed by atoms with E-state index in [2.05, 4.69) is 10.3 Å². The lowest BCUT2D eigenvalue weighted by atomic mass is 9.98. The van der Waals surface area contributed by atoms with Crippen LogP contribution in [0.2, 0.25) is 0 Å². The van der Waals surface area contributed by atoms with Gasteiger partial charge in [0.15, 0.2) is 0 Å². The van der Waals surface area contributed by atoms with Crippen molar-refractivity contribution < 1.29 is 18.0 Å². The van der Waals surface area contributed by atoms with Crippen LogP contribution in [0.25, 0.3) is 0 Å². The van der Waals surface area contributed by atoms with E-state index in [-0.39, 0.29) is 0 Å². The Kier molecular flexibility index (Phi) is 5.36. The SMILES string of the molecule is Cc1ccc([C@H](NC(=O)CCC(F)(F)F)c2ccncc2)cc1. The minimum absolute atomic E-state index is 0.501. The van der Waals surface area contributed by atoms with Crippen LogP contribution in [0.15, 0.2) is 48.8 Å². The van der Waals surface area contributed by atoms with Crippen molar-refractivity contribution in [1.29, 1.82) is 0 Å². The molecule has 0 spiro atoms. The zero-order valence-electron chi connectivity index (χ0n) is 12.6. The number of aromatic nitrogens is 1. The third-order valence-corrected chi connectivity index (χ3v) is 3.39. The smallest absolute Gasteiger partial charge is 0.345 e. The number of nitrogens with zero attached hydrogens (tertiary/aromatic N) is 1. The van der Waals surface area contributed by atoms with Crippen molar-refractivity contribution in [2.75, 3.05) is 0 Å². The Morgan fingerprint density at radius 3 is 2.22 bits per heavy atom. The van der Waals surface area contributed by atoms with Crippen LogP contribution in [0.4, 0.5) is 13.2 Å². The fourth-order valence-corrected chi connectivity index (χ4v) is 2.16. The van der Waals surface area contributed by atoms with E-state index >= 15 is 0 Å². The van der Waals surface area contributed by atoms with Crippen LogP contribution >= 0.6 is 0 Å². The molecule has 0 aliphatic carbocycles. The molecule has 0 saturated heterocycles. The number of pyridine rings is 1. The first-order valence-corrected chi connectivity index (χ1v) is 7.18. The molecule has 1 aromatic carbocycles. The molecular weight excluding hydrogens is 305 g/mol. The predicted octanol–water partition coefficient (Wildman–Crippen LogP) is 3.94. The lowest BCUT2D eigenvalue weighted by molar-refractivity contribution is -0.144. The van der Waals surface area contributed by atoms with Gasteiger partial charge >= 0.3 is 6.18 Å². The van der Waals surface area contributed by atoms with E-state index in [9.17, 15) is 18.0 Å². The normalized spacial score (nSPS) is 12.7. The maximum absolute atomic E-state index is 12.3. The standard InChI is InChI=1S/C17H17F3N2O/c1-12-2-4-13(5-3-12)16(14-7-10-21-11-8-14)22-15(23)6-9-17(18,19)20/h2-5,7-8,10-11,16H,6,9H2,1H3,(H,22,23)/t16-/m0/s1. The second kappa shape index (κ2) is 7.26. The minimum Gasteiger partial charge on any atom is -0.345 e. The maximum Gasteiger partial charge on any atom is 0.389 e. The molecule has 1 amide bonds. The Hall–Kier alpha value is -2.37. The molecule has 0 fully saturated rings. The lowest BCUT2D eigenvalue weighted by Gasteiger charge is -2.20.